The van der Waals surface area contributed by atoms with Crippen LogP contribution in [-0.2, 0) is 6.61 Å². The van der Waals surface area contributed by atoms with E-state index in [2.05, 4.69) is 30.3 Å². The number of pyridine rings is 1. The third kappa shape index (κ3) is 6.11. The number of aliphatic hydroxyl groups excluding tert-OH is 1. The number of alkyl halides is 2. The number of hydrogen-bond donors (Lipinski definition) is 3. The van der Waals surface area contributed by atoms with Gasteiger partial charge in [0.15, 0.2) is 5.82 Å². The van der Waals surface area contributed by atoms with Gasteiger partial charge in [0.1, 0.15) is 23.2 Å². The zero-order valence-corrected chi connectivity index (χ0v) is 22.3. The first kappa shape index (κ1) is 29.1. The van der Waals surface area contributed by atoms with E-state index in [-0.39, 0.29) is 42.2 Å². The molecule has 4 N–H and O–H groups in total. The van der Waals surface area contributed by atoms with E-state index in [1.165, 1.54) is 37.8 Å². The Morgan fingerprint density at radius 3 is 2.73 bits per heavy atom. The molecule has 10 nitrogen and oxygen atoms in total. The van der Waals surface area contributed by atoms with Crippen molar-refractivity contribution in [1.29, 1.82) is 0 Å². The van der Waals surface area contributed by atoms with Gasteiger partial charge in [-0.3, -0.25) is 0 Å². The van der Waals surface area contributed by atoms with Crippen LogP contribution in [0.5, 0.6) is 5.75 Å². The largest absolute Gasteiger partial charge is 0.496 e. The minimum atomic E-state index is -2.75. The van der Waals surface area contributed by atoms with Crippen LogP contribution in [0.15, 0.2) is 49.1 Å². The highest BCUT2D eigenvalue weighted by molar-refractivity contribution is 5.85. The van der Waals surface area contributed by atoms with Crippen LogP contribution in [0.2, 0.25) is 0 Å². The molecule has 0 unspecified atom stereocenters. The molecule has 0 spiro atoms. The zero-order valence-electron chi connectivity index (χ0n) is 21.5. The van der Waals surface area contributed by atoms with Crippen molar-refractivity contribution in [3.8, 4) is 28.3 Å². The number of halogens is 4. The fourth-order valence-electron chi connectivity index (χ4n) is 4.59. The standard InChI is InChI=1S/C26H27F3N8O2.ClH/c1-39-21-8-15(14-38)7-19(27)24(21)25-31-5-4-22(35-25)34-23-9-20(36-6-2-3-17(30)13-36)18(11-32-23)16-10-33-37(12-16)26(28)29;/h4-5,7-12,17,26,38H,2-3,6,13-14,30H2,1H3,(H,31,32,34,35);1H/t17-;/m0./s1. The van der Waals surface area contributed by atoms with Crippen molar-refractivity contribution in [3.05, 3.63) is 60.4 Å². The molecule has 3 aromatic heterocycles. The van der Waals surface area contributed by atoms with E-state index in [9.17, 15) is 18.3 Å². The average molecular weight is 577 g/mol. The summed E-state index contributed by atoms with van der Waals surface area (Å²) in [6, 6.07) is 6.11. The lowest BCUT2D eigenvalue weighted by molar-refractivity contribution is 0.0566. The predicted octanol–water partition coefficient (Wildman–Crippen LogP) is 4.53. The molecule has 1 aliphatic rings. The Bertz CT molecular complexity index is 1470. The number of hydrogen-bond acceptors (Lipinski definition) is 9. The summed E-state index contributed by atoms with van der Waals surface area (Å²) in [7, 11) is 1.39. The molecule has 0 radical (unpaired) electrons. The van der Waals surface area contributed by atoms with Gasteiger partial charge in [0.25, 0.3) is 0 Å². The maximum atomic E-state index is 14.9. The maximum Gasteiger partial charge on any atom is 0.333 e. The molecule has 1 saturated heterocycles. The quantitative estimate of drug-likeness (QED) is 0.277. The summed E-state index contributed by atoms with van der Waals surface area (Å²) in [6.07, 6.45) is 7.51. The summed E-state index contributed by atoms with van der Waals surface area (Å²) in [5.74, 6) is 0.413. The minimum Gasteiger partial charge on any atom is -0.496 e. The molecule has 0 amide bonds. The number of nitrogens with zero attached hydrogens (tertiary/aromatic N) is 6. The van der Waals surface area contributed by atoms with E-state index in [0.717, 1.165) is 25.1 Å². The molecule has 5 rings (SSSR count). The smallest absolute Gasteiger partial charge is 0.333 e. The van der Waals surface area contributed by atoms with Crippen LogP contribution < -0.4 is 20.7 Å². The van der Waals surface area contributed by atoms with Gasteiger partial charge in [0, 0.05) is 60.6 Å². The molecule has 4 aromatic rings. The number of benzene rings is 1. The van der Waals surface area contributed by atoms with Crippen LogP contribution in [0, 0.1) is 5.82 Å². The number of ether oxygens (including phenoxy) is 1. The first-order chi connectivity index (χ1) is 18.9. The topological polar surface area (TPSA) is 127 Å². The van der Waals surface area contributed by atoms with Gasteiger partial charge in [-0.1, -0.05) is 0 Å². The Morgan fingerprint density at radius 2 is 2.02 bits per heavy atom. The third-order valence-corrected chi connectivity index (χ3v) is 6.44. The van der Waals surface area contributed by atoms with Crippen molar-refractivity contribution in [3.63, 3.8) is 0 Å². The van der Waals surface area contributed by atoms with E-state index in [4.69, 9.17) is 10.5 Å². The van der Waals surface area contributed by atoms with Crippen molar-refractivity contribution in [2.75, 3.05) is 30.4 Å². The number of rotatable bonds is 8. The summed E-state index contributed by atoms with van der Waals surface area (Å²) in [5, 5.41) is 16.3. The average Bonchev–Trinajstić information content (AvgIpc) is 3.43. The van der Waals surface area contributed by atoms with E-state index in [1.54, 1.807) is 18.3 Å². The second-order valence-corrected chi connectivity index (χ2v) is 9.13. The Balaban J connectivity index is 0.00000370. The van der Waals surface area contributed by atoms with E-state index in [0.29, 0.717) is 39.6 Å². The monoisotopic (exact) mass is 576 g/mol. The van der Waals surface area contributed by atoms with Crippen molar-refractivity contribution in [2.45, 2.75) is 32.0 Å². The first-order valence-corrected chi connectivity index (χ1v) is 12.3. The Morgan fingerprint density at radius 1 is 1.20 bits per heavy atom. The van der Waals surface area contributed by atoms with Gasteiger partial charge in [-0.05, 0) is 36.6 Å². The lowest BCUT2D eigenvalue weighted by atomic mass is 10.0. The molecular weight excluding hydrogens is 549 g/mol. The lowest BCUT2D eigenvalue weighted by Crippen LogP contribution is -2.43. The van der Waals surface area contributed by atoms with Crippen LogP contribution in [-0.4, -0.2) is 56.1 Å². The van der Waals surface area contributed by atoms with Crippen LogP contribution in [0.3, 0.4) is 0 Å². The summed E-state index contributed by atoms with van der Waals surface area (Å²) < 4.78 is 47.1. The Kier molecular flexibility index (Phi) is 9.07. The molecule has 1 fully saturated rings. The van der Waals surface area contributed by atoms with Crippen molar-refractivity contribution in [2.24, 2.45) is 5.73 Å². The van der Waals surface area contributed by atoms with Crippen LogP contribution in [0.25, 0.3) is 22.5 Å². The third-order valence-electron chi connectivity index (χ3n) is 6.44. The Labute approximate surface area is 234 Å². The van der Waals surface area contributed by atoms with Crippen molar-refractivity contribution < 1.29 is 23.0 Å². The van der Waals surface area contributed by atoms with Gasteiger partial charge in [0.2, 0.25) is 0 Å². The normalized spacial score (nSPS) is 15.2. The SMILES string of the molecule is COc1cc(CO)cc(F)c1-c1nccc(Nc2cc(N3CCC[C@H](N)C3)c(-c3cnn(C(F)F)c3)cn2)n1.Cl. The molecule has 0 saturated carbocycles. The number of piperidine rings is 1. The summed E-state index contributed by atoms with van der Waals surface area (Å²) in [4.78, 5) is 15.2. The van der Waals surface area contributed by atoms with Gasteiger partial charge < -0.3 is 25.8 Å². The maximum absolute atomic E-state index is 14.9. The van der Waals surface area contributed by atoms with E-state index < -0.39 is 12.4 Å². The van der Waals surface area contributed by atoms with Gasteiger partial charge in [-0.15, -0.1) is 12.4 Å². The minimum absolute atomic E-state index is 0. The molecule has 14 heteroatoms. The highest BCUT2D eigenvalue weighted by Crippen LogP contribution is 2.36. The van der Waals surface area contributed by atoms with Crippen LogP contribution in [0.1, 0.15) is 25.0 Å². The number of anilines is 3. The van der Waals surface area contributed by atoms with Crippen LogP contribution in [0.4, 0.5) is 30.5 Å². The fraction of sp³-hybridized carbons (Fsp3) is 0.308. The number of aliphatic hydroxyl groups is 1. The number of aromatic nitrogens is 5. The second kappa shape index (κ2) is 12.5. The Hall–Kier alpha value is -3.94. The van der Waals surface area contributed by atoms with Gasteiger partial charge in [0.05, 0.1) is 25.5 Å². The number of nitrogens with two attached hydrogens (primary N) is 1. The van der Waals surface area contributed by atoms with Crippen LogP contribution >= 0.6 is 12.4 Å². The highest BCUT2D eigenvalue weighted by atomic mass is 35.5. The summed E-state index contributed by atoms with van der Waals surface area (Å²) in [6.45, 7) is -1.76. The fourth-order valence-corrected chi connectivity index (χ4v) is 4.59. The first-order valence-electron chi connectivity index (χ1n) is 12.3. The summed E-state index contributed by atoms with van der Waals surface area (Å²) in [5.41, 5.74) is 8.54. The van der Waals surface area contributed by atoms with Gasteiger partial charge >= 0.3 is 6.55 Å². The van der Waals surface area contributed by atoms with Crippen molar-refractivity contribution in [1.82, 2.24) is 24.7 Å². The molecule has 1 atom stereocenters. The number of nitrogens with one attached hydrogen (secondary N) is 1. The van der Waals surface area contributed by atoms with E-state index in [1.807, 2.05) is 0 Å². The second-order valence-electron chi connectivity index (χ2n) is 9.13. The molecule has 0 bridgehead atoms. The molecule has 212 valence electrons. The highest BCUT2D eigenvalue weighted by Gasteiger charge is 2.23. The molecule has 1 aromatic carbocycles. The molecule has 1 aliphatic heterocycles. The summed E-state index contributed by atoms with van der Waals surface area (Å²) >= 11 is 0. The molecule has 4 heterocycles. The predicted molar refractivity (Wildman–Crippen MR) is 147 cm³/mol. The molecular formula is C26H28ClF3N8O2. The van der Waals surface area contributed by atoms with Gasteiger partial charge in [-0.25, -0.2) is 24.0 Å². The number of methoxy groups -OCH3 is 1. The lowest BCUT2D eigenvalue weighted by Gasteiger charge is -2.34. The molecule has 0 aliphatic carbocycles. The zero-order chi connectivity index (χ0) is 27.5. The van der Waals surface area contributed by atoms with Crippen molar-refractivity contribution >= 4 is 29.7 Å². The van der Waals surface area contributed by atoms with Gasteiger partial charge in [-0.2, -0.15) is 13.9 Å². The molecule has 40 heavy (non-hydrogen) atoms. The van der Waals surface area contributed by atoms with E-state index >= 15 is 0 Å².